The summed E-state index contributed by atoms with van der Waals surface area (Å²) in [4.78, 5) is 5.33. The highest BCUT2D eigenvalue weighted by atomic mass is 32.1. The minimum absolute atomic E-state index is 0.0387. The third kappa shape index (κ3) is 2.89. The van der Waals surface area contributed by atoms with Crippen molar-refractivity contribution in [3.8, 4) is 10.6 Å². The number of anilines is 1. The van der Waals surface area contributed by atoms with E-state index in [1.807, 2.05) is 41.8 Å². The molecule has 0 radical (unpaired) electrons. The van der Waals surface area contributed by atoms with Gasteiger partial charge in [0, 0.05) is 5.69 Å². The predicted octanol–water partition coefficient (Wildman–Crippen LogP) is 3.51. The van der Waals surface area contributed by atoms with Crippen LogP contribution in [0.25, 0.3) is 10.6 Å². The largest absolute Gasteiger partial charge is 0.438 e. The van der Waals surface area contributed by atoms with Crippen molar-refractivity contribution < 1.29 is 9.52 Å². The van der Waals surface area contributed by atoms with Crippen LogP contribution in [0.2, 0.25) is 0 Å². The molecule has 102 valence electrons. The van der Waals surface area contributed by atoms with Gasteiger partial charge in [0.05, 0.1) is 24.2 Å². The summed E-state index contributed by atoms with van der Waals surface area (Å²) < 4.78 is 5.69. The summed E-state index contributed by atoms with van der Waals surface area (Å²) in [6, 6.07) is 11.6. The van der Waals surface area contributed by atoms with Gasteiger partial charge in [-0.05, 0) is 29.1 Å². The zero-order valence-electron chi connectivity index (χ0n) is 10.7. The van der Waals surface area contributed by atoms with Gasteiger partial charge in [-0.15, -0.1) is 11.3 Å². The Morgan fingerprint density at radius 2 is 2.20 bits per heavy atom. The first-order valence-electron chi connectivity index (χ1n) is 6.27. The third-order valence-corrected chi connectivity index (χ3v) is 3.76. The zero-order chi connectivity index (χ0) is 13.8. The lowest BCUT2D eigenvalue weighted by atomic mass is 10.2. The highest BCUT2D eigenvalue weighted by Crippen LogP contribution is 2.25. The second-order valence-electron chi connectivity index (χ2n) is 4.31. The lowest BCUT2D eigenvalue weighted by Gasteiger charge is -2.05. The Kier molecular flexibility index (Phi) is 3.80. The van der Waals surface area contributed by atoms with Crippen molar-refractivity contribution in [2.75, 3.05) is 5.32 Å². The lowest BCUT2D eigenvalue weighted by Crippen LogP contribution is -1.99. The number of aliphatic hydroxyl groups is 1. The Balaban J connectivity index is 1.66. The number of benzene rings is 1. The molecule has 2 heterocycles. The number of thiophene rings is 1. The van der Waals surface area contributed by atoms with Gasteiger partial charge in [0.25, 0.3) is 0 Å². The molecule has 2 aromatic heterocycles. The Hall–Kier alpha value is -2.11. The highest BCUT2D eigenvalue weighted by Gasteiger charge is 2.06. The van der Waals surface area contributed by atoms with Gasteiger partial charge in [-0.25, -0.2) is 4.98 Å². The molecule has 0 amide bonds. The molecule has 0 unspecified atom stereocenters. The summed E-state index contributed by atoms with van der Waals surface area (Å²) in [5.41, 5.74) is 1.81. The smallest absolute Gasteiger partial charge is 0.214 e. The standard InChI is InChI=1S/C15H14N2O2S/c18-10-11-3-1-4-12(7-11)16-9-15-17-8-13(19-15)14-5-2-6-20-14/h1-8,16,18H,9-10H2. The average Bonchev–Trinajstić information content (AvgIpc) is 3.16. The normalized spacial score (nSPS) is 10.7. The molecule has 0 spiro atoms. The van der Waals surface area contributed by atoms with Crippen LogP contribution in [0.3, 0.4) is 0 Å². The summed E-state index contributed by atoms with van der Waals surface area (Å²) in [6.45, 7) is 0.553. The van der Waals surface area contributed by atoms with Crippen LogP contribution in [0.4, 0.5) is 5.69 Å². The molecule has 4 nitrogen and oxygen atoms in total. The van der Waals surface area contributed by atoms with Crippen molar-refractivity contribution >= 4 is 17.0 Å². The van der Waals surface area contributed by atoms with Crippen LogP contribution in [-0.4, -0.2) is 10.1 Å². The fraction of sp³-hybridized carbons (Fsp3) is 0.133. The van der Waals surface area contributed by atoms with Gasteiger partial charge in [-0.3, -0.25) is 0 Å². The Morgan fingerprint density at radius 3 is 3.00 bits per heavy atom. The molecule has 3 aromatic rings. The van der Waals surface area contributed by atoms with Crippen LogP contribution < -0.4 is 5.32 Å². The Labute approximate surface area is 120 Å². The number of rotatable bonds is 5. The predicted molar refractivity (Wildman–Crippen MR) is 79.5 cm³/mol. The van der Waals surface area contributed by atoms with E-state index in [1.54, 1.807) is 17.5 Å². The highest BCUT2D eigenvalue weighted by molar-refractivity contribution is 7.13. The first-order valence-corrected chi connectivity index (χ1v) is 7.15. The minimum atomic E-state index is 0.0387. The van der Waals surface area contributed by atoms with Gasteiger partial charge < -0.3 is 14.8 Å². The number of hydrogen-bond acceptors (Lipinski definition) is 5. The lowest BCUT2D eigenvalue weighted by molar-refractivity contribution is 0.282. The first kappa shape index (κ1) is 12.9. The van der Waals surface area contributed by atoms with Crippen LogP contribution in [0, 0.1) is 0 Å². The van der Waals surface area contributed by atoms with E-state index in [9.17, 15) is 0 Å². The van der Waals surface area contributed by atoms with Crippen LogP contribution in [0.15, 0.2) is 52.4 Å². The molecular weight excluding hydrogens is 272 g/mol. The summed E-state index contributed by atoms with van der Waals surface area (Å²) in [5.74, 6) is 1.43. The molecule has 0 aliphatic carbocycles. The zero-order valence-corrected chi connectivity index (χ0v) is 11.6. The molecule has 0 bridgehead atoms. The van der Waals surface area contributed by atoms with Crippen LogP contribution in [-0.2, 0) is 13.2 Å². The summed E-state index contributed by atoms with van der Waals surface area (Å²) in [7, 11) is 0. The molecule has 0 aliphatic rings. The van der Waals surface area contributed by atoms with Gasteiger partial charge in [0.1, 0.15) is 0 Å². The van der Waals surface area contributed by atoms with Gasteiger partial charge >= 0.3 is 0 Å². The van der Waals surface area contributed by atoms with E-state index in [-0.39, 0.29) is 6.61 Å². The molecule has 0 atom stereocenters. The maximum Gasteiger partial charge on any atom is 0.214 e. The number of aromatic nitrogens is 1. The van der Waals surface area contributed by atoms with Crippen LogP contribution in [0.5, 0.6) is 0 Å². The summed E-state index contributed by atoms with van der Waals surface area (Å²) in [6.07, 6.45) is 1.74. The molecule has 2 N–H and O–H groups in total. The van der Waals surface area contributed by atoms with E-state index < -0.39 is 0 Å². The molecule has 0 fully saturated rings. The molecule has 3 rings (SSSR count). The topological polar surface area (TPSA) is 58.3 Å². The van der Waals surface area contributed by atoms with Gasteiger partial charge in [0.15, 0.2) is 5.76 Å². The van der Waals surface area contributed by atoms with Gasteiger partial charge in [-0.2, -0.15) is 0 Å². The monoisotopic (exact) mass is 286 g/mol. The summed E-state index contributed by atoms with van der Waals surface area (Å²) in [5, 5.41) is 14.3. The van der Waals surface area contributed by atoms with Gasteiger partial charge in [-0.1, -0.05) is 18.2 Å². The molecule has 0 saturated heterocycles. The second-order valence-corrected chi connectivity index (χ2v) is 5.26. The fourth-order valence-electron chi connectivity index (χ4n) is 1.88. The van der Waals surface area contributed by atoms with E-state index in [4.69, 9.17) is 9.52 Å². The number of nitrogens with zero attached hydrogens (tertiary/aromatic N) is 1. The maximum atomic E-state index is 9.10. The quantitative estimate of drug-likeness (QED) is 0.753. The third-order valence-electron chi connectivity index (χ3n) is 2.87. The Bertz CT molecular complexity index is 677. The SMILES string of the molecule is OCc1cccc(NCc2ncc(-c3cccs3)o2)c1. The number of aliphatic hydroxyl groups excluding tert-OH is 1. The molecule has 0 saturated carbocycles. The van der Waals surface area contributed by atoms with E-state index >= 15 is 0 Å². The first-order chi connectivity index (χ1) is 9.85. The average molecular weight is 286 g/mol. The van der Waals surface area contributed by atoms with E-state index in [0.717, 1.165) is 21.9 Å². The fourth-order valence-corrected chi connectivity index (χ4v) is 2.55. The molecule has 20 heavy (non-hydrogen) atoms. The molecular formula is C15H14N2O2S. The van der Waals surface area contributed by atoms with E-state index in [2.05, 4.69) is 10.3 Å². The van der Waals surface area contributed by atoms with E-state index in [1.165, 1.54) is 0 Å². The second kappa shape index (κ2) is 5.90. The van der Waals surface area contributed by atoms with Crippen molar-refractivity contribution in [2.24, 2.45) is 0 Å². The van der Waals surface area contributed by atoms with Gasteiger partial charge in [0.2, 0.25) is 5.89 Å². The molecule has 1 aromatic carbocycles. The van der Waals surface area contributed by atoms with E-state index in [0.29, 0.717) is 12.4 Å². The number of hydrogen-bond donors (Lipinski definition) is 2. The number of nitrogens with one attached hydrogen (secondary N) is 1. The molecule has 0 aliphatic heterocycles. The van der Waals surface area contributed by atoms with Crippen molar-refractivity contribution in [2.45, 2.75) is 13.2 Å². The summed E-state index contributed by atoms with van der Waals surface area (Å²) >= 11 is 1.63. The maximum absolute atomic E-state index is 9.10. The van der Waals surface area contributed by atoms with Crippen molar-refractivity contribution in [1.82, 2.24) is 4.98 Å². The van der Waals surface area contributed by atoms with Crippen LogP contribution >= 0.6 is 11.3 Å². The Morgan fingerprint density at radius 1 is 1.25 bits per heavy atom. The van der Waals surface area contributed by atoms with Crippen molar-refractivity contribution in [3.05, 3.63) is 59.4 Å². The van der Waals surface area contributed by atoms with Crippen molar-refractivity contribution in [1.29, 1.82) is 0 Å². The number of oxazole rings is 1. The van der Waals surface area contributed by atoms with Crippen LogP contribution in [0.1, 0.15) is 11.5 Å². The minimum Gasteiger partial charge on any atom is -0.438 e. The molecule has 5 heteroatoms. The van der Waals surface area contributed by atoms with Crippen molar-refractivity contribution in [3.63, 3.8) is 0 Å².